The summed E-state index contributed by atoms with van der Waals surface area (Å²) in [7, 11) is 1.47. The third kappa shape index (κ3) is 3.65. The Balaban J connectivity index is 2.18. The number of hydrogen-bond donors (Lipinski definition) is 1. The Kier molecular flexibility index (Phi) is 5.72. The highest BCUT2D eigenvalue weighted by atomic mass is 79.9. The van der Waals surface area contributed by atoms with Crippen LogP contribution in [-0.4, -0.2) is 42.0 Å². The summed E-state index contributed by atoms with van der Waals surface area (Å²) in [6, 6.07) is 11.5. The molecule has 2 aromatic rings. The van der Waals surface area contributed by atoms with Crippen LogP contribution in [0.1, 0.15) is 17.2 Å². The van der Waals surface area contributed by atoms with Gasteiger partial charge in [0.25, 0.3) is 11.7 Å². The minimum atomic E-state index is -1.02. The Morgan fingerprint density at radius 2 is 1.85 bits per heavy atom. The average Bonchev–Trinajstić information content (AvgIpc) is 2.91. The van der Waals surface area contributed by atoms with Crippen molar-refractivity contribution >= 4 is 33.4 Å². The third-order valence-electron chi connectivity index (χ3n) is 4.39. The van der Waals surface area contributed by atoms with Gasteiger partial charge in [0.15, 0.2) is 0 Å². The van der Waals surface area contributed by atoms with E-state index in [9.17, 15) is 19.1 Å². The van der Waals surface area contributed by atoms with Crippen LogP contribution in [-0.2, 0) is 14.3 Å². The second kappa shape index (κ2) is 8.02. The molecule has 1 unspecified atom stereocenters. The lowest BCUT2D eigenvalue weighted by Gasteiger charge is -2.25. The van der Waals surface area contributed by atoms with Gasteiger partial charge in [0.2, 0.25) is 0 Å². The summed E-state index contributed by atoms with van der Waals surface area (Å²) < 4.78 is 20.3. The Morgan fingerprint density at radius 3 is 2.48 bits per heavy atom. The average molecular weight is 434 g/mol. The third-order valence-corrected chi connectivity index (χ3v) is 4.92. The monoisotopic (exact) mass is 433 g/mol. The van der Waals surface area contributed by atoms with Crippen molar-refractivity contribution < 1.29 is 23.8 Å². The Morgan fingerprint density at radius 1 is 1.19 bits per heavy atom. The number of benzene rings is 2. The molecule has 1 amide bonds. The Bertz CT molecular complexity index is 910. The molecule has 1 saturated heterocycles. The van der Waals surface area contributed by atoms with Gasteiger partial charge >= 0.3 is 0 Å². The number of Topliss-reactive ketones (excluding diaryl/α,β-unsaturated/α-hetero) is 1. The number of aliphatic hydroxyl groups is 1. The smallest absolute Gasteiger partial charge is 0.295 e. The van der Waals surface area contributed by atoms with E-state index in [-0.39, 0.29) is 30.0 Å². The van der Waals surface area contributed by atoms with Crippen molar-refractivity contribution in [2.24, 2.45) is 0 Å². The van der Waals surface area contributed by atoms with Crippen LogP contribution >= 0.6 is 15.9 Å². The van der Waals surface area contributed by atoms with Gasteiger partial charge in [0, 0.05) is 29.3 Å². The molecule has 1 N–H and O–H groups in total. The van der Waals surface area contributed by atoms with Crippen molar-refractivity contribution in [2.75, 3.05) is 20.3 Å². The van der Waals surface area contributed by atoms with E-state index in [1.807, 2.05) is 0 Å². The highest BCUT2D eigenvalue weighted by Crippen LogP contribution is 2.40. The fraction of sp³-hybridized carbons (Fsp3) is 0.200. The molecule has 5 nitrogen and oxygen atoms in total. The molecule has 0 radical (unpaired) electrons. The van der Waals surface area contributed by atoms with E-state index in [1.165, 1.54) is 30.2 Å². The maximum atomic E-state index is 14.5. The number of aliphatic hydroxyl groups excluding tert-OH is 1. The number of methoxy groups -OCH3 is 1. The van der Waals surface area contributed by atoms with Crippen LogP contribution in [0.4, 0.5) is 4.39 Å². The molecule has 27 heavy (non-hydrogen) atoms. The molecular weight excluding hydrogens is 417 g/mol. The lowest BCUT2D eigenvalue weighted by atomic mass is 9.95. The van der Waals surface area contributed by atoms with Gasteiger partial charge in [-0.25, -0.2) is 4.39 Å². The van der Waals surface area contributed by atoms with E-state index in [2.05, 4.69) is 15.9 Å². The second-order valence-electron chi connectivity index (χ2n) is 6.01. The maximum absolute atomic E-state index is 14.5. The molecule has 1 fully saturated rings. The standard InChI is InChI=1S/C20H17BrFNO4/c1-27-11-10-23-17(14-4-2-3-5-15(14)22)16(19(25)20(23)26)18(24)12-6-8-13(21)9-7-12/h2-9,17,24H,10-11H2,1H3/b18-16-. The molecule has 7 heteroatoms. The number of carbonyl (C=O) groups is 2. The van der Waals surface area contributed by atoms with Crippen LogP contribution in [0.3, 0.4) is 0 Å². The van der Waals surface area contributed by atoms with E-state index in [1.54, 1.807) is 30.3 Å². The summed E-state index contributed by atoms with van der Waals surface area (Å²) in [5, 5.41) is 10.8. The number of likely N-dealkylation sites (tertiary alicyclic amines) is 1. The molecule has 140 valence electrons. The van der Waals surface area contributed by atoms with Crippen molar-refractivity contribution in [3.63, 3.8) is 0 Å². The highest BCUT2D eigenvalue weighted by molar-refractivity contribution is 9.10. The molecule has 1 atom stereocenters. The summed E-state index contributed by atoms with van der Waals surface area (Å²) in [4.78, 5) is 26.5. The summed E-state index contributed by atoms with van der Waals surface area (Å²) in [5.41, 5.74) is 0.374. The first-order valence-electron chi connectivity index (χ1n) is 8.23. The van der Waals surface area contributed by atoms with E-state index >= 15 is 0 Å². The van der Waals surface area contributed by atoms with E-state index in [4.69, 9.17) is 4.74 Å². The van der Waals surface area contributed by atoms with Crippen molar-refractivity contribution in [2.45, 2.75) is 6.04 Å². The highest BCUT2D eigenvalue weighted by Gasteiger charge is 2.46. The van der Waals surface area contributed by atoms with E-state index in [0.717, 1.165) is 4.47 Å². The van der Waals surface area contributed by atoms with Crippen LogP contribution in [0.25, 0.3) is 5.76 Å². The quantitative estimate of drug-likeness (QED) is 0.443. The van der Waals surface area contributed by atoms with Crippen molar-refractivity contribution in [3.05, 3.63) is 75.5 Å². The fourth-order valence-corrected chi connectivity index (χ4v) is 3.35. The van der Waals surface area contributed by atoms with Crippen LogP contribution in [0.2, 0.25) is 0 Å². The molecule has 0 saturated carbocycles. The number of carbonyl (C=O) groups excluding carboxylic acids is 2. The lowest BCUT2D eigenvalue weighted by molar-refractivity contribution is -0.140. The van der Waals surface area contributed by atoms with Crippen molar-refractivity contribution in [1.82, 2.24) is 4.90 Å². The zero-order valence-corrected chi connectivity index (χ0v) is 16.1. The number of hydrogen-bond acceptors (Lipinski definition) is 4. The van der Waals surface area contributed by atoms with Gasteiger partial charge < -0.3 is 14.7 Å². The Hall–Kier alpha value is -2.51. The van der Waals surface area contributed by atoms with Crippen LogP contribution in [0.5, 0.6) is 0 Å². The van der Waals surface area contributed by atoms with Crippen LogP contribution < -0.4 is 0 Å². The number of nitrogens with zero attached hydrogens (tertiary/aromatic N) is 1. The van der Waals surface area contributed by atoms with Gasteiger partial charge in [0.1, 0.15) is 11.6 Å². The largest absolute Gasteiger partial charge is 0.507 e. The SMILES string of the molecule is COCCN1C(=O)C(=O)/C(=C(\O)c2ccc(Br)cc2)C1c1ccccc1F. The summed E-state index contributed by atoms with van der Waals surface area (Å²) in [6.45, 7) is 0.271. The molecule has 0 spiro atoms. The van der Waals surface area contributed by atoms with Crippen LogP contribution in [0.15, 0.2) is 58.6 Å². The molecule has 3 rings (SSSR count). The van der Waals surface area contributed by atoms with Crippen molar-refractivity contribution in [3.8, 4) is 0 Å². The summed E-state index contributed by atoms with van der Waals surface area (Å²) in [5.74, 6) is -2.54. The predicted molar refractivity (Wildman–Crippen MR) is 101 cm³/mol. The van der Waals surface area contributed by atoms with Gasteiger partial charge in [-0.2, -0.15) is 0 Å². The van der Waals surface area contributed by atoms with E-state index in [0.29, 0.717) is 5.56 Å². The van der Waals surface area contributed by atoms with Gasteiger partial charge in [-0.1, -0.05) is 46.3 Å². The molecule has 2 aromatic carbocycles. The number of ketones is 1. The van der Waals surface area contributed by atoms with Gasteiger partial charge in [-0.3, -0.25) is 9.59 Å². The maximum Gasteiger partial charge on any atom is 0.295 e. The molecule has 0 aromatic heterocycles. The number of halogens is 2. The minimum Gasteiger partial charge on any atom is -0.507 e. The molecule has 1 aliphatic heterocycles. The predicted octanol–water partition coefficient (Wildman–Crippen LogP) is 3.66. The molecular formula is C20H17BrFNO4. The lowest BCUT2D eigenvalue weighted by Crippen LogP contribution is -2.33. The normalized spacial score (nSPS) is 18.9. The second-order valence-corrected chi connectivity index (χ2v) is 6.93. The van der Waals surface area contributed by atoms with Gasteiger partial charge in [0.05, 0.1) is 18.2 Å². The molecule has 1 aliphatic rings. The molecule has 0 aliphatic carbocycles. The summed E-state index contributed by atoms with van der Waals surface area (Å²) >= 11 is 3.31. The molecule has 1 heterocycles. The van der Waals surface area contributed by atoms with Gasteiger partial charge in [-0.15, -0.1) is 0 Å². The first kappa shape index (κ1) is 19.3. The topological polar surface area (TPSA) is 66.8 Å². The number of amides is 1. The zero-order chi connectivity index (χ0) is 19.6. The molecule has 0 bridgehead atoms. The minimum absolute atomic E-state index is 0.0944. The fourth-order valence-electron chi connectivity index (χ4n) is 3.08. The summed E-state index contributed by atoms with van der Waals surface area (Å²) in [6.07, 6.45) is 0. The van der Waals surface area contributed by atoms with E-state index < -0.39 is 23.5 Å². The first-order valence-corrected chi connectivity index (χ1v) is 9.02. The zero-order valence-electron chi connectivity index (χ0n) is 14.5. The first-order chi connectivity index (χ1) is 13.0. The van der Waals surface area contributed by atoms with Crippen molar-refractivity contribution in [1.29, 1.82) is 0 Å². The van der Waals surface area contributed by atoms with Crippen LogP contribution in [0, 0.1) is 5.82 Å². The Labute approximate surface area is 164 Å². The number of ether oxygens (including phenoxy) is 1. The number of rotatable bonds is 5. The van der Waals surface area contributed by atoms with Gasteiger partial charge in [-0.05, 0) is 18.2 Å².